The number of likely N-dealkylation sites (N-methyl/N-ethyl adjacent to an activating group) is 1. The van der Waals surface area contributed by atoms with Crippen LogP contribution in [0.4, 0.5) is 0 Å². The van der Waals surface area contributed by atoms with Gasteiger partial charge in [0.25, 0.3) is 0 Å². The van der Waals surface area contributed by atoms with Gasteiger partial charge in [-0.15, -0.1) is 12.4 Å². The van der Waals surface area contributed by atoms with Gasteiger partial charge < -0.3 is 9.47 Å². The number of rotatable bonds is 4. The molecule has 0 aliphatic carbocycles. The normalized spacial score (nSPS) is 15.2. The van der Waals surface area contributed by atoms with Crippen LogP contribution in [0.25, 0.3) is 11.3 Å². The lowest BCUT2D eigenvalue weighted by Gasteiger charge is -2.25. The summed E-state index contributed by atoms with van der Waals surface area (Å²) >= 11 is 5.59. The van der Waals surface area contributed by atoms with E-state index in [0.29, 0.717) is 6.04 Å². The highest BCUT2D eigenvalue weighted by Gasteiger charge is 2.22. The zero-order valence-corrected chi connectivity index (χ0v) is 17.1. The Morgan fingerprint density at radius 1 is 1.26 bits per heavy atom. The minimum absolute atomic E-state index is 0. The van der Waals surface area contributed by atoms with Crippen LogP contribution in [-0.2, 0) is 12.2 Å². The highest BCUT2D eigenvalue weighted by atomic mass is 79.9. The van der Waals surface area contributed by atoms with Crippen molar-refractivity contribution in [1.29, 1.82) is 0 Å². The monoisotopic (exact) mass is 414 g/mol. The van der Waals surface area contributed by atoms with Crippen LogP contribution in [0.15, 0.2) is 34.8 Å². The quantitative estimate of drug-likeness (QED) is 0.673. The maximum atomic E-state index is 3.54. The topological polar surface area (TPSA) is 8.17 Å². The largest absolute Gasteiger partial charge is 0.340 e. The van der Waals surface area contributed by atoms with Crippen molar-refractivity contribution in [3.63, 3.8) is 0 Å². The molecule has 0 spiro atoms. The van der Waals surface area contributed by atoms with Crippen LogP contribution in [0.5, 0.6) is 0 Å². The molecule has 2 heterocycles. The van der Waals surface area contributed by atoms with Crippen LogP contribution < -0.4 is 0 Å². The summed E-state index contributed by atoms with van der Waals surface area (Å²) in [5, 5.41) is 0. The van der Waals surface area contributed by atoms with Crippen molar-refractivity contribution in [2.24, 2.45) is 0 Å². The van der Waals surface area contributed by atoms with Gasteiger partial charge in [-0.25, -0.2) is 0 Å². The summed E-state index contributed by atoms with van der Waals surface area (Å²) in [6.07, 6.45) is 1.19. The number of thioether (sulfide) groups is 1. The van der Waals surface area contributed by atoms with Gasteiger partial charge in [-0.3, -0.25) is 0 Å². The molecular formula is C18H24BrClN2S. The second-order valence-corrected chi connectivity index (χ2v) is 8.31. The summed E-state index contributed by atoms with van der Waals surface area (Å²) in [6, 6.07) is 11.6. The molecule has 0 N–H and O–H groups in total. The van der Waals surface area contributed by atoms with Crippen molar-refractivity contribution in [3.8, 4) is 11.3 Å². The predicted molar refractivity (Wildman–Crippen MR) is 108 cm³/mol. The summed E-state index contributed by atoms with van der Waals surface area (Å²) < 4.78 is 3.72. The molecule has 0 saturated carbocycles. The van der Waals surface area contributed by atoms with E-state index >= 15 is 0 Å². The van der Waals surface area contributed by atoms with Gasteiger partial charge in [-0.05, 0) is 62.5 Å². The van der Waals surface area contributed by atoms with Gasteiger partial charge in [0.15, 0.2) is 0 Å². The van der Waals surface area contributed by atoms with Crippen LogP contribution in [-0.4, -0.2) is 35.9 Å². The maximum Gasteiger partial charge on any atom is 0.0488 e. The molecule has 3 rings (SSSR count). The van der Waals surface area contributed by atoms with E-state index in [2.05, 4.69) is 88.5 Å². The molecule has 1 aromatic carbocycles. The summed E-state index contributed by atoms with van der Waals surface area (Å²) in [7, 11) is 4.31. The Morgan fingerprint density at radius 2 is 1.96 bits per heavy atom. The first-order chi connectivity index (χ1) is 10.6. The Labute approximate surface area is 158 Å². The van der Waals surface area contributed by atoms with Gasteiger partial charge in [-0.2, -0.15) is 11.8 Å². The number of benzene rings is 1. The fourth-order valence-corrected chi connectivity index (χ4v) is 4.55. The third-order valence-electron chi connectivity index (χ3n) is 4.18. The van der Waals surface area contributed by atoms with Gasteiger partial charge in [0.05, 0.1) is 0 Å². The Balaban J connectivity index is 0.00000192. The van der Waals surface area contributed by atoms with E-state index in [0.717, 1.165) is 16.8 Å². The fraction of sp³-hybridized carbons (Fsp3) is 0.444. The van der Waals surface area contributed by atoms with Crippen LogP contribution in [0, 0.1) is 0 Å². The first kappa shape index (κ1) is 18.9. The summed E-state index contributed by atoms with van der Waals surface area (Å²) in [4.78, 5) is 2.28. The van der Waals surface area contributed by atoms with Crippen LogP contribution in [0.3, 0.4) is 0 Å². The highest BCUT2D eigenvalue weighted by Crippen LogP contribution is 2.35. The molecule has 0 saturated heterocycles. The molecule has 1 aromatic heterocycles. The standard InChI is InChI=1S/C18H23BrN2S.ClH/c1-13(11-20(2)3)21-17-8-9-22-12-15(17)10-18(21)14-4-6-16(19)7-5-14;/h4-7,10,13H,8-9,11-12H2,1-3H3;1H. The van der Waals surface area contributed by atoms with Crippen molar-refractivity contribution in [2.75, 3.05) is 26.4 Å². The van der Waals surface area contributed by atoms with Gasteiger partial charge in [0.2, 0.25) is 0 Å². The average Bonchev–Trinajstić information content (AvgIpc) is 2.86. The predicted octanol–water partition coefficient (Wildman–Crippen LogP) is 5.25. The van der Waals surface area contributed by atoms with Crippen molar-refractivity contribution in [2.45, 2.75) is 25.1 Å². The number of aromatic nitrogens is 1. The number of hydrogen-bond acceptors (Lipinski definition) is 2. The molecule has 1 unspecified atom stereocenters. The van der Waals surface area contributed by atoms with Gasteiger partial charge in [-0.1, -0.05) is 28.1 Å². The minimum atomic E-state index is 0. The van der Waals surface area contributed by atoms with Gasteiger partial charge in [0.1, 0.15) is 0 Å². The van der Waals surface area contributed by atoms with E-state index in [1.165, 1.54) is 29.0 Å². The van der Waals surface area contributed by atoms with E-state index in [9.17, 15) is 0 Å². The third kappa shape index (κ3) is 4.16. The smallest absolute Gasteiger partial charge is 0.0488 e. The lowest BCUT2D eigenvalue weighted by molar-refractivity contribution is 0.335. The molecule has 1 aliphatic rings. The van der Waals surface area contributed by atoms with Crippen LogP contribution >= 0.6 is 40.1 Å². The SMILES string of the molecule is CC(CN(C)C)n1c(-c2ccc(Br)cc2)cc2c1CCSC2.Cl. The Bertz CT molecular complexity index is 652. The minimum Gasteiger partial charge on any atom is -0.340 e. The molecule has 0 bridgehead atoms. The summed E-state index contributed by atoms with van der Waals surface area (Å²) in [5.41, 5.74) is 5.76. The highest BCUT2D eigenvalue weighted by molar-refractivity contribution is 9.10. The van der Waals surface area contributed by atoms with Crippen LogP contribution in [0.2, 0.25) is 0 Å². The zero-order chi connectivity index (χ0) is 15.7. The van der Waals surface area contributed by atoms with E-state index in [1.54, 1.807) is 5.69 Å². The van der Waals surface area contributed by atoms with E-state index < -0.39 is 0 Å². The lowest BCUT2D eigenvalue weighted by atomic mass is 10.1. The molecule has 2 aromatic rings. The maximum absolute atomic E-state index is 3.54. The molecule has 1 atom stereocenters. The van der Waals surface area contributed by atoms with Crippen molar-refractivity contribution in [3.05, 3.63) is 46.1 Å². The fourth-order valence-electron chi connectivity index (χ4n) is 3.33. The zero-order valence-electron chi connectivity index (χ0n) is 13.9. The van der Waals surface area contributed by atoms with Gasteiger partial charge >= 0.3 is 0 Å². The molecule has 2 nitrogen and oxygen atoms in total. The Hall–Kier alpha value is -0.420. The van der Waals surface area contributed by atoms with Crippen molar-refractivity contribution in [1.82, 2.24) is 9.47 Å². The number of halogens is 2. The van der Waals surface area contributed by atoms with Crippen LogP contribution in [0.1, 0.15) is 24.2 Å². The second kappa shape index (κ2) is 8.11. The molecular weight excluding hydrogens is 392 g/mol. The molecule has 23 heavy (non-hydrogen) atoms. The molecule has 0 radical (unpaired) electrons. The summed E-state index contributed by atoms with van der Waals surface area (Å²) in [6.45, 7) is 3.40. The third-order valence-corrected chi connectivity index (χ3v) is 5.72. The molecule has 0 fully saturated rings. The second-order valence-electron chi connectivity index (χ2n) is 6.29. The molecule has 5 heteroatoms. The van der Waals surface area contributed by atoms with Crippen molar-refractivity contribution < 1.29 is 0 Å². The molecule has 1 aliphatic heterocycles. The summed E-state index contributed by atoms with van der Waals surface area (Å²) in [5.74, 6) is 2.39. The molecule has 0 amide bonds. The number of hydrogen-bond donors (Lipinski definition) is 0. The number of fused-ring (bicyclic) bond motifs is 1. The first-order valence-electron chi connectivity index (χ1n) is 7.77. The Morgan fingerprint density at radius 3 is 2.61 bits per heavy atom. The van der Waals surface area contributed by atoms with E-state index in [-0.39, 0.29) is 12.4 Å². The first-order valence-corrected chi connectivity index (χ1v) is 9.72. The van der Waals surface area contributed by atoms with E-state index in [4.69, 9.17) is 0 Å². The molecule has 126 valence electrons. The lowest BCUT2D eigenvalue weighted by Crippen LogP contribution is -2.24. The average molecular weight is 416 g/mol. The van der Waals surface area contributed by atoms with Gasteiger partial charge in [0, 0.05) is 34.2 Å². The van der Waals surface area contributed by atoms with Crippen molar-refractivity contribution >= 4 is 40.1 Å². The number of nitrogens with zero attached hydrogens (tertiary/aromatic N) is 2. The Kier molecular flexibility index (Phi) is 6.66. The van der Waals surface area contributed by atoms with E-state index in [1.807, 2.05) is 0 Å².